The van der Waals surface area contributed by atoms with E-state index in [-0.39, 0.29) is 23.9 Å². The number of fused-ring (bicyclic) bond motifs is 2. The Kier molecular flexibility index (Phi) is 3.77. The minimum Gasteiger partial charge on any atom is -0.302 e. The molecule has 2 fully saturated rings. The summed E-state index contributed by atoms with van der Waals surface area (Å²) in [5.41, 5.74) is 2.45. The molecule has 2 aliphatic heterocycles. The zero-order chi connectivity index (χ0) is 14.9. The molecule has 1 N–H and O–H groups in total. The van der Waals surface area contributed by atoms with Gasteiger partial charge < -0.3 is 5.32 Å². The van der Waals surface area contributed by atoms with E-state index in [4.69, 9.17) is 0 Å². The molecule has 2 aliphatic rings. The number of thioether (sulfide) groups is 1. The van der Waals surface area contributed by atoms with Crippen LogP contribution in [0.4, 0.5) is 0 Å². The summed E-state index contributed by atoms with van der Waals surface area (Å²) in [6.45, 7) is 0. The van der Waals surface area contributed by atoms with Crippen LogP contribution in [-0.2, 0) is 4.79 Å². The highest BCUT2D eigenvalue weighted by Gasteiger charge is 2.46. The number of carbonyl (C=O) groups is 1. The average Bonchev–Trinajstić information content (AvgIpc) is 2.57. The fraction of sp³-hybridized carbons (Fsp3) is 0.316. The van der Waals surface area contributed by atoms with Gasteiger partial charge in [-0.1, -0.05) is 60.7 Å². The van der Waals surface area contributed by atoms with Crippen molar-refractivity contribution >= 4 is 17.5 Å². The quantitative estimate of drug-likeness (QED) is 0.918. The molecule has 0 radical (unpaired) electrons. The van der Waals surface area contributed by atoms with Gasteiger partial charge in [0.2, 0.25) is 0 Å². The average molecular weight is 309 g/mol. The van der Waals surface area contributed by atoms with Crippen LogP contribution in [0.25, 0.3) is 0 Å². The zero-order valence-electron chi connectivity index (χ0n) is 12.3. The van der Waals surface area contributed by atoms with Crippen molar-refractivity contribution in [3.63, 3.8) is 0 Å². The van der Waals surface area contributed by atoms with Gasteiger partial charge in [-0.05, 0) is 11.1 Å². The van der Waals surface area contributed by atoms with E-state index in [1.165, 1.54) is 11.1 Å². The van der Waals surface area contributed by atoms with Crippen LogP contribution >= 0.6 is 11.8 Å². The third-order valence-electron chi connectivity index (χ3n) is 4.81. The second-order valence-electron chi connectivity index (χ2n) is 6.10. The van der Waals surface area contributed by atoms with Crippen LogP contribution in [0.3, 0.4) is 0 Å². The summed E-state index contributed by atoms with van der Waals surface area (Å²) < 4.78 is 0. The highest BCUT2D eigenvalue weighted by molar-refractivity contribution is 7.99. The molecule has 0 amide bonds. The van der Waals surface area contributed by atoms with Crippen molar-refractivity contribution in [1.29, 1.82) is 0 Å². The Labute approximate surface area is 135 Å². The number of piperidine rings is 1. The molecule has 4 atom stereocenters. The molecule has 2 nitrogen and oxygen atoms in total. The lowest BCUT2D eigenvalue weighted by Gasteiger charge is -2.45. The molecule has 4 rings (SSSR count). The molecule has 0 unspecified atom stereocenters. The maximum Gasteiger partial charge on any atom is 0.144 e. The van der Waals surface area contributed by atoms with Gasteiger partial charge in [0.05, 0.1) is 0 Å². The van der Waals surface area contributed by atoms with Crippen LogP contribution in [0.1, 0.15) is 23.2 Å². The molecule has 2 aromatic rings. The summed E-state index contributed by atoms with van der Waals surface area (Å²) >= 11 is 1.93. The number of nitrogens with one attached hydrogen (secondary N) is 1. The molecule has 2 bridgehead atoms. The molecule has 0 aliphatic carbocycles. The second-order valence-corrected chi connectivity index (χ2v) is 7.17. The van der Waals surface area contributed by atoms with Gasteiger partial charge in [0.25, 0.3) is 0 Å². The molecule has 2 aromatic carbocycles. The van der Waals surface area contributed by atoms with Crippen LogP contribution in [0, 0.1) is 11.8 Å². The fourth-order valence-electron chi connectivity index (χ4n) is 3.69. The number of carbonyl (C=O) groups excluding carboxylic acids is 1. The normalized spacial score (nSPS) is 31.0. The fourth-order valence-corrected chi connectivity index (χ4v) is 5.04. The molecule has 0 spiro atoms. The first kappa shape index (κ1) is 14.0. The van der Waals surface area contributed by atoms with Gasteiger partial charge in [0.15, 0.2) is 0 Å². The zero-order valence-corrected chi connectivity index (χ0v) is 13.1. The minimum absolute atomic E-state index is 0.103. The summed E-state index contributed by atoms with van der Waals surface area (Å²) in [5.74, 6) is 2.52. The van der Waals surface area contributed by atoms with E-state index < -0.39 is 0 Å². The van der Waals surface area contributed by atoms with E-state index in [9.17, 15) is 4.79 Å². The third-order valence-corrected chi connectivity index (χ3v) is 6.00. The predicted octanol–water partition coefficient (Wildman–Crippen LogP) is 3.62. The Morgan fingerprint density at radius 3 is 1.68 bits per heavy atom. The summed E-state index contributed by atoms with van der Waals surface area (Å²) in [6.07, 6.45) is 0. The van der Waals surface area contributed by atoms with Gasteiger partial charge in [-0.2, -0.15) is 11.8 Å². The van der Waals surface area contributed by atoms with Gasteiger partial charge >= 0.3 is 0 Å². The molecular formula is C19H19NOS. The summed E-state index contributed by atoms with van der Waals surface area (Å²) in [4.78, 5) is 12.9. The molecule has 2 saturated heterocycles. The molecule has 3 heteroatoms. The molecule has 2 heterocycles. The Balaban J connectivity index is 1.73. The van der Waals surface area contributed by atoms with E-state index >= 15 is 0 Å². The summed E-state index contributed by atoms with van der Waals surface area (Å²) in [6, 6.07) is 21.1. The van der Waals surface area contributed by atoms with Crippen molar-refractivity contribution in [2.24, 2.45) is 11.8 Å². The van der Waals surface area contributed by atoms with Gasteiger partial charge in [-0.15, -0.1) is 0 Å². The van der Waals surface area contributed by atoms with Crippen molar-refractivity contribution in [2.45, 2.75) is 12.1 Å². The smallest absolute Gasteiger partial charge is 0.144 e. The van der Waals surface area contributed by atoms with Crippen LogP contribution in [-0.4, -0.2) is 17.3 Å². The Bertz CT molecular complexity index is 602. The maximum absolute atomic E-state index is 12.9. The number of hydrogen-bond acceptors (Lipinski definition) is 3. The third kappa shape index (κ3) is 2.38. The molecule has 0 saturated carbocycles. The first-order valence-corrected chi connectivity index (χ1v) is 8.97. The number of ketones is 1. The number of Topliss-reactive ketones (excluding diaryl/α,β-unsaturated/α-hetero) is 1. The monoisotopic (exact) mass is 309 g/mol. The minimum atomic E-state index is 0.103. The SMILES string of the molecule is O=C1[C@H]2CSC[C@@H]1[C@@H](c1ccccc1)N[C@H]2c1ccccc1. The number of hydrogen-bond donors (Lipinski definition) is 1. The van der Waals surface area contributed by atoms with Crippen LogP contribution in [0.2, 0.25) is 0 Å². The second kappa shape index (κ2) is 5.90. The summed E-state index contributed by atoms with van der Waals surface area (Å²) in [5, 5.41) is 3.78. The van der Waals surface area contributed by atoms with E-state index in [1.807, 2.05) is 23.9 Å². The first-order valence-electron chi connectivity index (χ1n) is 7.82. The summed E-state index contributed by atoms with van der Waals surface area (Å²) in [7, 11) is 0. The predicted molar refractivity (Wildman–Crippen MR) is 90.8 cm³/mol. The largest absolute Gasteiger partial charge is 0.302 e. The molecular weight excluding hydrogens is 290 g/mol. The number of rotatable bonds is 2. The maximum atomic E-state index is 12.9. The van der Waals surface area contributed by atoms with Crippen molar-refractivity contribution in [2.75, 3.05) is 11.5 Å². The Morgan fingerprint density at radius 1 is 0.773 bits per heavy atom. The molecule has 0 aromatic heterocycles. The number of benzene rings is 2. The lowest BCUT2D eigenvalue weighted by atomic mass is 9.75. The van der Waals surface area contributed by atoms with Gasteiger partial charge in [-0.3, -0.25) is 4.79 Å². The van der Waals surface area contributed by atoms with Crippen molar-refractivity contribution in [3.05, 3.63) is 71.8 Å². The highest BCUT2D eigenvalue weighted by atomic mass is 32.2. The van der Waals surface area contributed by atoms with E-state index in [0.717, 1.165) is 11.5 Å². The highest BCUT2D eigenvalue weighted by Crippen LogP contribution is 2.44. The van der Waals surface area contributed by atoms with Gasteiger partial charge in [0.1, 0.15) is 5.78 Å². The molecule has 112 valence electrons. The lowest BCUT2D eigenvalue weighted by Crippen LogP contribution is -2.52. The van der Waals surface area contributed by atoms with Gasteiger partial charge in [0, 0.05) is 35.4 Å². The van der Waals surface area contributed by atoms with Crippen molar-refractivity contribution in [3.8, 4) is 0 Å². The van der Waals surface area contributed by atoms with E-state index in [0.29, 0.717) is 5.78 Å². The topological polar surface area (TPSA) is 29.1 Å². The van der Waals surface area contributed by atoms with E-state index in [2.05, 4.69) is 53.8 Å². The van der Waals surface area contributed by atoms with Crippen LogP contribution in [0.15, 0.2) is 60.7 Å². The molecule has 22 heavy (non-hydrogen) atoms. The Hall–Kier alpha value is -1.58. The Morgan fingerprint density at radius 2 is 1.23 bits per heavy atom. The van der Waals surface area contributed by atoms with E-state index in [1.54, 1.807) is 0 Å². The standard InChI is InChI=1S/C19H19NOS/c21-19-15-11-22-12-16(19)18(14-9-5-2-6-10-14)20-17(15)13-7-3-1-4-8-13/h1-10,15-18,20H,11-12H2/t15-,16+,17-,18+. The van der Waals surface area contributed by atoms with Crippen molar-refractivity contribution < 1.29 is 4.79 Å². The first-order chi connectivity index (χ1) is 10.8. The lowest BCUT2D eigenvalue weighted by molar-refractivity contribution is -0.130. The van der Waals surface area contributed by atoms with Crippen molar-refractivity contribution in [1.82, 2.24) is 5.32 Å². The van der Waals surface area contributed by atoms with Crippen LogP contribution in [0.5, 0.6) is 0 Å². The van der Waals surface area contributed by atoms with Gasteiger partial charge in [-0.25, -0.2) is 0 Å². The van der Waals surface area contributed by atoms with Crippen LogP contribution < -0.4 is 5.32 Å².